The maximum atomic E-state index is 5.95. The molecule has 0 aliphatic rings. The topological polar surface area (TPSA) is 80.1 Å². The van der Waals surface area contributed by atoms with E-state index in [9.17, 15) is 0 Å². The van der Waals surface area contributed by atoms with Crippen molar-refractivity contribution in [2.24, 2.45) is 7.05 Å². The van der Waals surface area contributed by atoms with Crippen molar-refractivity contribution >= 4 is 17.1 Å². The number of hydrogen-bond donors (Lipinski definition) is 1. The number of nitrogens with two attached hydrogens (primary N) is 1. The molecule has 106 valence electrons. The van der Waals surface area contributed by atoms with Crippen LogP contribution in [0.4, 0.5) is 5.95 Å². The van der Waals surface area contributed by atoms with Gasteiger partial charge in [-0.2, -0.15) is 5.10 Å². The van der Waals surface area contributed by atoms with E-state index in [-0.39, 0.29) is 0 Å². The van der Waals surface area contributed by atoms with Gasteiger partial charge in [-0.05, 0) is 13.3 Å². The fourth-order valence-electron chi connectivity index (χ4n) is 2.14. The van der Waals surface area contributed by atoms with Crippen LogP contribution in [0.2, 0.25) is 0 Å². The highest BCUT2D eigenvalue weighted by molar-refractivity contribution is 5.77. The minimum Gasteiger partial charge on any atom is -0.382 e. The molecule has 0 atom stereocenters. The number of anilines is 1. The second kappa shape index (κ2) is 6.03. The molecule has 0 fully saturated rings. The number of nitrogen functional groups attached to an aromatic ring is 1. The zero-order valence-electron chi connectivity index (χ0n) is 11.7. The van der Waals surface area contributed by atoms with Crippen LogP contribution in [-0.4, -0.2) is 46.3 Å². The number of aryl methyl sites for hydroxylation is 3. The van der Waals surface area contributed by atoms with Crippen molar-refractivity contribution < 1.29 is 9.47 Å². The van der Waals surface area contributed by atoms with E-state index in [0.717, 1.165) is 29.8 Å². The van der Waals surface area contributed by atoms with Gasteiger partial charge in [-0.1, -0.05) is 0 Å². The number of rotatable bonds is 7. The Kier molecular flexibility index (Phi) is 4.39. The molecule has 2 aromatic heterocycles. The summed E-state index contributed by atoms with van der Waals surface area (Å²) in [7, 11) is 3.57. The largest absolute Gasteiger partial charge is 0.382 e. The number of aromatic nitrogens is 4. The van der Waals surface area contributed by atoms with Crippen LogP contribution < -0.4 is 5.73 Å². The lowest BCUT2D eigenvalue weighted by atomic mass is 10.4. The lowest BCUT2D eigenvalue weighted by molar-refractivity contribution is 0.0681. The van der Waals surface area contributed by atoms with Crippen molar-refractivity contribution in [2.75, 3.05) is 32.7 Å². The average Bonchev–Trinajstić information content (AvgIpc) is 2.83. The van der Waals surface area contributed by atoms with Gasteiger partial charge in [0, 0.05) is 27.3 Å². The number of nitrogens with zero attached hydrogens (tertiary/aromatic N) is 4. The molecule has 7 heteroatoms. The lowest BCUT2D eigenvalue weighted by Gasteiger charge is -2.07. The Balaban J connectivity index is 1.98. The second-order valence-electron chi connectivity index (χ2n) is 4.46. The average molecular weight is 267 g/mol. The summed E-state index contributed by atoms with van der Waals surface area (Å²) >= 11 is 0. The van der Waals surface area contributed by atoms with Crippen molar-refractivity contribution in [2.45, 2.75) is 19.9 Å². The normalized spacial score (nSPS) is 11.5. The van der Waals surface area contributed by atoms with E-state index in [1.165, 1.54) is 0 Å². The van der Waals surface area contributed by atoms with E-state index >= 15 is 0 Å². The molecule has 0 saturated carbocycles. The third kappa shape index (κ3) is 2.87. The van der Waals surface area contributed by atoms with Crippen LogP contribution in [0.15, 0.2) is 0 Å². The molecule has 0 amide bonds. The Labute approximate surface area is 112 Å². The van der Waals surface area contributed by atoms with Crippen molar-refractivity contribution in [3.8, 4) is 0 Å². The van der Waals surface area contributed by atoms with Crippen LogP contribution in [-0.2, 0) is 23.1 Å². The molecule has 0 spiro atoms. The monoisotopic (exact) mass is 267 g/mol. The van der Waals surface area contributed by atoms with Crippen molar-refractivity contribution in [1.82, 2.24) is 19.3 Å². The van der Waals surface area contributed by atoms with Crippen LogP contribution in [0.5, 0.6) is 0 Å². The van der Waals surface area contributed by atoms with Crippen LogP contribution in [0.25, 0.3) is 11.2 Å². The summed E-state index contributed by atoms with van der Waals surface area (Å²) in [5.41, 5.74) is 8.69. The molecule has 2 N–H and O–H groups in total. The Morgan fingerprint density at radius 2 is 2.05 bits per heavy atom. The van der Waals surface area contributed by atoms with Crippen molar-refractivity contribution in [1.29, 1.82) is 0 Å². The molecule has 0 aromatic carbocycles. The maximum absolute atomic E-state index is 5.95. The number of imidazole rings is 1. The Morgan fingerprint density at radius 1 is 1.26 bits per heavy atom. The molecular weight excluding hydrogens is 246 g/mol. The van der Waals surface area contributed by atoms with Gasteiger partial charge in [-0.3, -0.25) is 9.25 Å². The minimum absolute atomic E-state index is 0.531. The molecule has 2 aromatic rings. The van der Waals surface area contributed by atoms with Gasteiger partial charge >= 0.3 is 0 Å². The number of fused-ring (bicyclic) bond motifs is 1. The van der Waals surface area contributed by atoms with E-state index in [4.69, 9.17) is 15.2 Å². The first kappa shape index (κ1) is 13.8. The SMILES string of the molecule is COCCOCCCn1c(N)nc2c(C)nn(C)c21. The van der Waals surface area contributed by atoms with E-state index in [2.05, 4.69) is 10.1 Å². The number of hydrogen-bond acceptors (Lipinski definition) is 5. The summed E-state index contributed by atoms with van der Waals surface area (Å²) in [5, 5.41) is 4.35. The van der Waals surface area contributed by atoms with Crippen LogP contribution in [0.3, 0.4) is 0 Å². The molecule has 2 heterocycles. The van der Waals surface area contributed by atoms with Gasteiger partial charge in [-0.15, -0.1) is 0 Å². The molecule has 7 nitrogen and oxygen atoms in total. The van der Waals surface area contributed by atoms with E-state index in [1.54, 1.807) is 7.11 Å². The molecule has 19 heavy (non-hydrogen) atoms. The van der Waals surface area contributed by atoms with Gasteiger partial charge in [0.15, 0.2) is 5.65 Å². The van der Waals surface area contributed by atoms with E-state index in [0.29, 0.717) is 25.8 Å². The highest BCUT2D eigenvalue weighted by Crippen LogP contribution is 2.20. The number of methoxy groups -OCH3 is 1. The molecule has 0 aliphatic carbocycles. The third-order valence-corrected chi connectivity index (χ3v) is 3.02. The molecule has 0 saturated heterocycles. The summed E-state index contributed by atoms with van der Waals surface area (Å²) in [6, 6.07) is 0. The van der Waals surface area contributed by atoms with Crippen molar-refractivity contribution in [3.63, 3.8) is 0 Å². The second-order valence-corrected chi connectivity index (χ2v) is 4.46. The van der Waals surface area contributed by atoms with Crippen LogP contribution in [0, 0.1) is 6.92 Å². The predicted octanol–water partition coefficient (Wildman–Crippen LogP) is 0.714. The lowest BCUT2D eigenvalue weighted by Crippen LogP contribution is -2.10. The van der Waals surface area contributed by atoms with Crippen LogP contribution >= 0.6 is 0 Å². The first-order valence-corrected chi connectivity index (χ1v) is 6.37. The van der Waals surface area contributed by atoms with Gasteiger partial charge in [0.2, 0.25) is 5.95 Å². The molecule has 0 aliphatic heterocycles. The third-order valence-electron chi connectivity index (χ3n) is 3.02. The molecule has 2 rings (SSSR count). The zero-order chi connectivity index (χ0) is 13.8. The maximum Gasteiger partial charge on any atom is 0.202 e. The fourth-order valence-corrected chi connectivity index (χ4v) is 2.14. The Morgan fingerprint density at radius 3 is 2.79 bits per heavy atom. The molecule has 0 unspecified atom stereocenters. The van der Waals surface area contributed by atoms with Gasteiger partial charge < -0.3 is 15.2 Å². The Hall–Kier alpha value is -1.60. The number of ether oxygens (including phenoxy) is 2. The minimum atomic E-state index is 0.531. The molecule has 0 radical (unpaired) electrons. The predicted molar refractivity (Wildman–Crippen MR) is 73.0 cm³/mol. The molecular formula is C12H21N5O2. The fraction of sp³-hybridized carbons (Fsp3) is 0.667. The highest BCUT2D eigenvalue weighted by atomic mass is 16.5. The first-order chi connectivity index (χ1) is 9.15. The van der Waals surface area contributed by atoms with Gasteiger partial charge in [0.05, 0.1) is 18.9 Å². The summed E-state index contributed by atoms with van der Waals surface area (Å²) in [6.45, 7) is 4.63. The Bertz CT molecular complexity index is 546. The van der Waals surface area contributed by atoms with Gasteiger partial charge in [0.25, 0.3) is 0 Å². The summed E-state index contributed by atoms with van der Waals surface area (Å²) < 4.78 is 14.2. The quantitative estimate of drug-likeness (QED) is 0.747. The summed E-state index contributed by atoms with van der Waals surface area (Å²) in [6.07, 6.45) is 0.879. The van der Waals surface area contributed by atoms with Crippen molar-refractivity contribution in [3.05, 3.63) is 5.69 Å². The highest BCUT2D eigenvalue weighted by Gasteiger charge is 2.14. The van der Waals surface area contributed by atoms with Gasteiger partial charge in [-0.25, -0.2) is 4.98 Å². The molecule has 0 bridgehead atoms. The summed E-state index contributed by atoms with van der Waals surface area (Å²) in [5.74, 6) is 0.531. The smallest absolute Gasteiger partial charge is 0.202 e. The van der Waals surface area contributed by atoms with Gasteiger partial charge in [0.1, 0.15) is 5.52 Å². The van der Waals surface area contributed by atoms with Crippen LogP contribution in [0.1, 0.15) is 12.1 Å². The standard InChI is InChI=1S/C12H21N5O2/c1-9-10-11(16(2)15-9)17(12(13)14-10)5-4-6-19-8-7-18-3/h4-8H2,1-3H3,(H2,13,14). The van der Waals surface area contributed by atoms with E-state index in [1.807, 2.05) is 23.2 Å². The first-order valence-electron chi connectivity index (χ1n) is 6.37. The van der Waals surface area contributed by atoms with E-state index < -0.39 is 0 Å². The summed E-state index contributed by atoms with van der Waals surface area (Å²) in [4.78, 5) is 4.36. The zero-order valence-corrected chi connectivity index (χ0v) is 11.7.